The fourth-order valence-corrected chi connectivity index (χ4v) is 1.23. The Morgan fingerprint density at radius 2 is 2.07 bits per heavy atom. The molecule has 1 aromatic carbocycles. The summed E-state index contributed by atoms with van der Waals surface area (Å²) >= 11 is 0. The number of nitriles is 1. The molecule has 0 aliphatic heterocycles. The van der Waals surface area contributed by atoms with E-state index in [0.717, 1.165) is 0 Å². The second-order valence-electron chi connectivity index (χ2n) is 2.69. The molecule has 1 rings (SSSR count). The van der Waals surface area contributed by atoms with Gasteiger partial charge in [0.2, 0.25) is 0 Å². The second kappa shape index (κ2) is 4.49. The van der Waals surface area contributed by atoms with Crippen molar-refractivity contribution in [2.24, 2.45) is 5.73 Å². The van der Waals surface area contributed by atoms with Gasteiger partial charge in [0.05, 0.1) is 20.3 Å². The first-order chi connectivity index (χ1) is 6.74. The highest BCUT2D eigenvalue weighted by Crippen LogP contribution is 2.33. The van der Waals surface area contributed by atoms with Crippen molar-refractivity contribution >= 4 is 0 Å². The van der Waals surface area contributed by atoms with Crippen molar-refractivity contribution in [1.29, 1.82) is 5.26 Å². The molecule has 0 saturated carbocycles. The lowest BCUT2D eigenvalue weighted by molar-refractivity contribution is 0.351. The summed E-state index contributed by atoms with van der Waals surface area (Å²) in [4.78, 5) is 0. The van der Waals surface area contributed by atoms with Crippen molar-refractivity contribution in [3.8, 4) is 17.6 Å². The lowest BCUT2D eigenvalue weighted by Gasteiger charge is -2.13. The van der Waals surface area contributed by atoms with Gasteiger partial charge in [0, 0.05) is 5.56 Å². The summed E-state index contributed by atoms with van der Waals surface area (Å²) in [6.45, 7) is 0. The number of hydrogen-bond donors (Lipinski definition) is 1. The first-order valence-electron chi connectivity index (χ1n) is 4.10. The Hall–Kier alpha value is -1.73. The molecule has 0 aromatic heterocycles. The van der Waals surface area contributed by atoms with E-state index in [1.165, 1.54) is 7.11 Å². The fourth-order valence-electron chi connectivity index (χ4n) is 1.23. The Bertz CT molecular complexity index is 358. The van der Waals surface area contributed by atoms with E-state index in [2.05, 4.69) is 0 Å². The zero-order valence-electron chi connectivity index (χ0n) is 8.15. The SMILES string of the molecule is COc1cccc([C@H](N)C#N)c1OC. The Balaban J connectivity index is 3.23. The molecule has 74 valence electrons. The summed E-state index contributed by atoms with van der Waals surface area (Å²) in [5.74, 6) is 1.10. The Labute approximate surface area is 82.9 Å². The molecule has 0 aliphatic rings. The zero-order valence-corrected chi connectivity index (χ0v) is 8.15. The van der Waals surface area contributed by atoms with E-state index in [0.29, 0.717) is 17.1 Å². The molecule has 1 atom stereocenters. The van der Waals surface area contributed by atoms with Crippen LogP contribution >= 0.6 is 0 Å². The number of methoxy groups -OCH3 is 2. The Kier molecular flexibility index (Phi) is 3.32. The molecule has 14 heavy (non-hydrogen) atoms. The van der Waals surface area contributed by atoms with Crippen molar-refractivity contribution < 1.29 is 9.47 Å². The zero-order chi connectivity index (χ0) is 10.6. The summed E-state index contributed by atoms with van der Waals surface area (Å²) in [5, 5.41) is 8.70. The number of rotatable bonds is 3. The molecular weight excluding hydrogens is 180 g/mol. The van der Waals surface area contributed by atoms with Gasteiger partial charge in [-0.15, -0.1) is 0 Å². The number of benzene rings is 1. The third-order valence-electron chi connectivity index (χ3n) is 1.91. The van der Waals surface area contributed by atoms with E-state index in [9.17, 15) is 0 Å². The van der Waals surface area contributed by atoms with Crippen LogP contribution in [0.3, 0.4) is 0 Å². The summed E-state index contributed by atoms with van der Waals surface area (Å²) in [7, 11) is 3.06. The highest BCUT2D eigenvalue weighted by Gasteiger charge is 2.14. The predicted octanol–water partition coefficient (Wildman–Crippen LogP) is 1.23. The van der Waals surface area contributed by atoms with Crippen molar-refractivity contribution in [2.75, 3.05) is 14.2 Å². The normalized spacial score (nSPS) is 11.6. The molecule has 0 spiro atoms. The van der Waals surface area contributed by atoms with Gasteiger partial charge in [0.15, 0.2) is 11.5 Å². The van der Waals surface area contributed by atoms with Crippen LogP contribution in [0, 0.1) is 11.3 Å². The van der Waals surface area contributed by atoms with Crippen LogP contribution in [0.2, 0.25) is 0 Å². The van der Waals surface area contributed by atoms with Crippen LogP contribution in [0.15, 0.2) is 18.2 Å². The number of para-hydroxylation sites is 1. The lowest BCUT2D eigenvalue weighted by atomic mass is 10.1. The molecule has 0 radical (unpaired) electrons. The molecule has 0 aliphatic carbocycles. The summed E-state index contributed by atoms with van der Waals surface area (Å²) < 4.78 is 10.2. The van der Waals surface area contributed by atoms with E-state index < -0.39 is 6.04 Å². The average Bonchev–Trinajstić information content (AvgIpc) is 2.26. The summed E-state index contributed by atoms with van der Waals surface area (Å²) in [6.07, 6.45) is 0. The van der Waals surface area contributed by atoms with E-state index in [4.69, 9.17) is 20.5 Å². The van der Waals surface area contributed by atoms with Gasteiger partial charge in [0.25, 0.3) is 0 Å². The smallest absolute Gasteiger partial charge is 0.166 e. The van der Waals surface area contributed by atoms with E-state index >= 15 is 0 Å². The monoisotopic (exact) mass is 192 g/mol. The summed E-state index contributed by atoms with van der Waals surface area (Å²) in [5.41, 5.74) is 6.23. The first-order valence-corrected chi connectivity index (χ1v) is 4.10. The van der Waals surface area contributed by atoms with Crippen molar-refractivity contribution in [3.63, 3.8) is 0 Å². The molecule has 2 N–H and O–H groups in total. The average molecular weight is 192 g/mol. The van der Waals surface area contributed by atoms with Gasteiger partial charge in [-0.3, -0.25) is 0 Å². The third kappa shape index (κ3) is 1.78. The number of nitrogens with zero attached hydrogens (tertiary/aromatic N) is 1. The quantitative estimate of drug-likeness (QED) is 0.782. The van der Waals surface area contributed by atoms with Gasteiger partial charge in [-0.05, 0) is 6.07 Å². The van der Waals surface area contributed by atoms with Gasteiger partial charge in [-0.1, -0.05) is 12.1 Å². The number of ether oxygens (including phenoxy) is 2. The van der Waals surface area contributed by atoms with Crippen LogP contribution in [-0.2, 0) is 0 Å². The second-order valence-corrected chi connectivity index (χ2v) is 2.69. The molecular formula is C10H12N2O2. The molecule has 4 nitrogen and oxygen atoms in total. The van der Waals surface area contributed by atoms with Crippen molar-refractivity contribution in [3.05, 3.63) is 23.8 Å². The third-order valence-corrected chi connectivity index (χ3v) is 1.91. The molecule has 0 amide bonds. The van der Waals surface area contributed by atoms with Crippen LogP contribution in [0.1, 0.15) is 11.6 Å². The maximum Gasteiger partial charge on any atom is 0.166 e. The minimum Gasteiger partial charge on any atom is -0.493 e. The topological polar surface area (TPSA) is 68.3 Å². The standard InChI is InChI=1S/C10H12N2O2/c1-13-9-5-3-4-7(8(12)6-11)10(9)14-2/h3-5,8H,12H2,1-2H3/t8-/m1/s1. The molecule has 1 aromatic rings. The van der Waals surface area contributed by atoms with Crippen molar-refractivity contribution in [1.82, 2.24) is 0 Å². The summed E-state index contributed by atoms with van der Waals surface area (Å²) in [6, 6.07) is 6.53. The van der Waals surface area contributed by atoms with E-state index in [1.54, 1.807) is 25.3 Å². The maximum atomic E-state index is 8.70. The van der Waals surface area contributed by atoms with Gasteiger partial charge >= 0.3 is 0 Å². The fraction of sp³-hybridized carbons (Fsp3) is 0.300. The van der Waals surface area contributed by atoms with E-state index in [-0.39, 0.29) is 0 Å². The molecule has 0 unspecified atom stereocenters. The maximum absolute atomic E-state index is 8.70. The Morgan fingerprint density at radius 3 is 2.57 bits per heavy atom. The minimum absolute atomic E-state index is 0.518. The Morgan fingerprint density at radius 1 is 1.36 bits per heavy atom. The van der Waals surface area contributed by atoms with Gasteiger partial charge in [-0.25, -0.2) is 0 Å². The highest BCUT2D eigenvalue weighted by molar-refractivity contribution is 5.49. The van der Waals surface area contributed by atoms with Gasteiger partial charge in [-0.2, -0.15) is 5.26 Å². The largest absolute Gasteiger partial charge is 0.493 e. The van der Waals surface area contributed by atoms with Crippen LogP contribution in [0.25, 0.3) is 0 Å². The molecule has 0 fully saturated rings. The number of nitrogens with two attached hydrogens (primary N) is 1. The van der Waals surface area contributed by atoms with Crippen molar-refractivity contribution in [2.45, 2.75) is 6.04 Å². The van der Waals surface area contributed by atoms with Crippen LogP contribution < -0.4 is 15.2 Å². The van der Waals surface area contributed by atoms with Gasteiger partial charge in [0.1, 0.15) is 6.04 Å². The molecule has 0 heterocycles. The first kappa shape index (κ1) is 10.4. The lowest BCUT2D eigenvalue weighted by Crippen LogP contribution is -2.09. The van der Waals surface area contributed by atoms with Crippen LogP contribution in [-0.4, -0.2) is 14.2 Å². The molecule has 0 saturated heterocycles. The van der Waals surface area contributed by atoms with E-state index in [1.807, 2.05) is 6.07 Å². The highest BCUT2D eigenvalue weighted by atomic mass is 16.5. The van der Waals surface area contributed by atoms with Crippen LogP contribution in [0.4, 0.5) is 0 Å². The predicted molar refractivity (Wildman–Crippen MR) is 52.1 cm³/mol. The van der Waals surface area contributed by atoms with Gasteiger partial charge < -0.3 is 15.2 Å². The van der Waals surface area contributed by atoms with Crippen LogP contribution in [0.5, 0.6) is 11.5 Å². The molecule has 0 bridgehead atoms. The molecule has 4 heteroatoms. The minimum atomic E-state index is -0.694. The number of hydrogen-bond acceptors (Lipinski definition) is 4.